The largest absolute Gasteiger partial charge is 0.356 e. The number of aromatic nitrogens is 1. The van der Waals surface area contributed by atoms with Crippen molar-refractivity contribution in [3.8, 4) is 6.07 Å². The Morgan fingerprint density at radius 1 is 1.38 bits per heavy atom. The van der Waals surface area contributed by atoms with Gasteiger partial charge in [-0.15, -0.1) is 0 Å². The van der Waals surface area contributed by atoms with Crippen molar-refractivity contribution in [2.24, 2.45) is 0 Å². The van der Waals surface area contributed by atoms with Crippen molar-refractivity contribution < 1.29 is 0 Å². The molecule has 0 N–H and O–H groups in total. The number of rotatable bonds is 1. The molecule has 2 heterocycles. The van der Waals surface area contributed by atoms with Gasteiger partial charge in [-0.05, 0) is 25.0 Å². The first-order chi connectivity index (χ1) is 6.42. The summed E-state index contributed by atoms with van der Waals surface area (Å²) in [5, 5.41) is 8.86. The zero-order valence-corrected chi connectivity index (χ0v) is 7.40. The minimum atomic E-state index is 0.685. The fraction of sp³-hybridized carbons (Fsp3) is 0.400. The lowest BCUT2D eigenvalue weighted by Crippen LogP contribution is -2.19. The van der Waals surface area contributed by atoms with E-state index >= 15 is 0 Å². The van der Waals surface area contributed by atoms with Crippen molar-refractivity contribution in [3.05, 3.63) is 23.9 Å². The van der Waals surface area contributed by atoms with Crippen LogP contribution in [0.5, 0.6) is 0 Å². The van der Waals surface area contributed by atoms with E-state index in [9.17, 15) is 0 Å². The van der Waals surface area contributed by atoms with Gasteiger partial charge in [-0.25, -0.2) is 4.98 Å². The van der Waals surface area contributed by atoms with Crippen molar-refractivity contribution in [1.29, 1.82) is 5.26 Å². The van der Waals surface area contributed by atoms with Crippen LogP contribution in [-0.4, -0.2) is 18.1 Å². The van der Waals surface area contributed by atoms with Gasteiger partial charge in [0.2, 0.25) is 0 Å². The molecule has 3 heteroatoms. The third-order valence-corrected chi connectivity index (χ3v) is 2.31. The molecule has 0 aliphatic carbocycles. The van der Waals surface area contributed by atoms with E-state index in [2.05, 4.69) is 16.0 Å². The summed E-state index contributed by atoms with van der Waals surface area (Å²) >= 11 is 0. The van der Waals surface area contributed by atoms with Crippen molar-refractivity contribution in [3.63, 3.8) is 0 Å². The molecule has 0 unspecified atom stereocenters. The number of nitrogens with zero attached hydrogens (tertiary/aromatic N) is 3. The normalized spacial score (nSPS) is 15.8. The van der Waals surface area contributed by atoms with Gasteiger partial charge >= 0.3 is 0 Å². The third-order valence-electron chi connectivity index (χ3n) is 2.31. The first kappa shape index (κ1) is 8.06. The summed E-state index contributed by atoms with van der Waals surface area (Å²) < 4.78 is 0. The summed E-state index contributed by atoms with van der Waals surface area (Å²) in [5.74, 6) is 0.850. The summed E-state index contributed by atoms with van der Waals surface area (Å²) in [4.78, 5) is 6.41. The predicted molar refractivity (Wildman–Crippen MR) is 50.4 cm³/mol. The maximum Gasteiger partial charge on any atom is 0.146 e. The van der Waals surface area contributed by atoms with E-state index in [4.69, 9.17) is 5.26 Å². The smallest absolute Gasteiger partial charge is 0.146 e. The third kappa shape index (κ3) is 1.48. The molecular formula is C10H11N3. The Bertz CT molecular complexity index is 334. The van der Waals surface area contributed by atoms with Crippen LogP contribution in [0.4, 0.5) is 5.82 Å². The Morgan fingerprint density at radius 2 is 2.15 bits per heavy atom. The summed E-state index contributed by atoms with van der Waals surface area (Å²) in [6.45, 7) is 2.07. The molecule has 0 atom stereocenters. The molecule has 2 rings (SSSR count). The van der Waals surface area contributed by atoms with Crippen molar-refractivity contribution in [1.82, 2.24) is 4.98 Å². The average Bonchev–Trinajstić information content (AvgIpc) is 2.70. The van der Waals surface area contributed by atoms with Crippen molar-refractivity contribution >= 4 is 5.82 Å². The fourth-order valence-electron chi connectivity index (χ4n) is 1.67. The number of anilines is 1. The highest BCUT2D eigenvalue weighted by atomic mass is 15.2. The Balaban J connectivity index is 2.33. The van der Waals surface area contributed by atoms with Crippen LogP contribution in [0.2, 0.25) is 0 Å². The van der Waals surface area contributed by atoms with Crippen LogP contribution in [0.1, 0.15) is 18.4 Å². The molecular weight excluding hydrogens is 162 g/mol. The zero-order chi connectivity index (χ0) is 9.10. The minimum absolute atomic E-state index is 0.685. The molecule has 0 bridgehead atoms. The number of nitriles is 1. The molecule has 1 saturated heterocycles. The minimum Gasteiger partial charge on any atom is -0.356 e. The Labute approximate surface area is 77.6 Å². The van der Waals surface area contributed by atoms with E-state index in [1.54, 1.807) is 12.3 Å². The standard InChI is InChI=1S/C10H11N3/c11-8-9-4-3-5-12-10(9)13-6-1-2-7-13/h3-5H,1-2,6-7H2. The van der Waals surface area contributed by atoms with Crippen LogP contribution in [0.15, 0.2) is 18.3 Å². The molecule has 1 fully saturated rings. The average molecular weight is 173 g/mol. The van der Waals surface area contributed by atoms with Crippen LogP contribution in [0, 0.1) is 11.3 Å². The van der Waals surface area contributed by atoms with Gasteiger partial charge in [0.15, 0.2) is 0 Å². The van der Waals surface area contributed by atoms with Gasteiger partial charge in [0.1, 0.15) is 11.9 Å². The maximum absolute atomic E-state index is 8.86. The van der Waals surface area contributed by atoms with Crippen LogP contribution in [-0.2, 0) is 0 Å². The molecule has 66 valence electrons. The molecule has 1 aromatic heterocycles. The molecule has 1 aliphatic rings. The van der Waals surface area contributed by atoms with E-state index in [0.29, 0.717) is 5.56 Å². The number of hydrogen-bond acceptors (Lipinski definition) is 3. The number of pyridine rings is 1. The molecule has 13 heavy (non-hydrogen) atoms. The van der Waals surface area contributed by atoms with Gasteiger partial charge in [-0.2, -0.15) is 5.26 Å². The molecule has 1 aliphatic heterocycles. The van der Waals surface area contributed by atoms with Gasteiger partial charge in [0.05, 0.1) is 5.56 Å². The van der Waals surface area contributed by atoms with E-state index in [-0.39, 0.29) is 0 Å². The molecule has 3 nitrogen and oxygen atoms in total. The molecule has 0 saturated carbocycles. The van der Waals surface area contributed by atoms with Gasteiger partial charge in [0.25, 0.3) is 0 Å². The Hall–Kier alpha value is -1.56. The zero-order valence-electron chi connectivity index (χ0n) is 7.40. The first-order valence-corrected chi connectivity index (χ1v) is 4.52. The van der Waals surface area contributed by atoms with E-state index in [1.165, 1.54) is 12.8 Å². The number of hydrogen-bond donors (Lipinski definition) is 0. The highest BCUT2D eigenvalue weighted by molar-refractivity contribution is 5.53. The van der Waals surface area contributed by atoms with Crippen LogP contribution in [0.3, 0.4) is 0 Å². The van der Waals surface area contributed by atoms with Gasteiger partial charge in [-0.1, -0.05) is 0 Å². The van der Waals surface area contributed by atoms with Crippen LogP contribution < -0.4 is 4.90 Å². The predicted octanol–water partition coefficient (Wildman–Crippen LogP) is 1.55. The van der Waals surface area contributed by atoms with Crippen LogP contribution >= 0.6 is 0 Å². The molecule has 1 aromatic rings. The molecule has 0 aromatic carbocycles. The van der Waals surface area contributed by atoms with E-state index in [1.807, 2.05) is 6.07 Å². The lowest BCUT2D eigenvalue weighted by molar-refractivity contribution is 0.934. The summed E-state index contributed by atoms with van der Waals surface area (Å²) in [7, 11) is 0. The van der Waals surface area contributed by atoms with Crippen molar-refractivity contribution in [2.45, 2.75) is 12.8 Å². The second-order valence-electron chi connectivity index (χ2n) is 3.18. The highest BCUT2D eigenvalue weighted by Crippen LogP contribution is 2.20. The van der Waals surface area contributed by atoms with Crippen LogP contribution in [0.25, 0.3) is 0 Å². The van der Waals surface area contributed by atoms with Crippen molar-refractivity contribution in [2.75, 3.05) is 18.0 Å². The summed E-state index contributed by atoms with van der Waals surface area (Å²) in [5.41, 5.74) is 0.685. The van der Waals surface area contributed by atoms with Gasteiger partial charge in [-0.3, -0.25) is 0 Å². The first-order valence-electron chi connectivity index (χ1n) is 4.52. The molecule has 0 amide bonds. The molecule has 0 radical (unpaired) electrons. The SMILES string of the molecule is N#Cc1cccnc1N1CCCC1. The quantitative estimate of drug-likeness (QED) is 0.647. The Kier molecular flexibility index (Phi) is 2.13. The van der Waals surface area contributed by atoms with E-state index in [0.717, 1.165) is 18.9 Å². The van der Waals surface area contributed by atoms with Gasteiger partial charge in [0, 0.05) is 19.3 Å². The summed E-state index contributed by atoms with van der Waals surface area (Å²) in [6, 6.07) is 5.79. The lowest BCUT2D eigenvalue weighted by atomic mass is 10.2. The fourth-order valence-corrected chi connectivity index (χ4v) is 1.67. The maximum atomic E-state index is 8.86. The second kappa shape index (κ2) is 3.44. The van der Waals surface area contributed by atoms with E-state index < -0.39 is 0 Å². The Morgan fingerprint density at radius 3 is 2.85 bits per heavy atom. The molecule has 0 spiro atoms. The second-order valence-corrected chi connectivity index (χ2v) is 3.18. The topological polar surface area (TPSA) is 39.9 Å². The van der Waals surface area contributed by atoms with Gasteiger partial charge < -0.3 is 4.90 Å². The lowest BCUT2D eigenvalue weighted by Gasteiger charge is -2.16. The monoisotopic (exact) mass is 173 g/mol. The highest BCUT2D eigenvalue weighted by Gasteiger charge is 2.15. The summed E-state index contributed by atoms with van der Waals surface area (Å²) in [6.07, 6.45) is 4.16.